The van der Waals surface area contributed by atoms with Crippen LogP contribution < -0.4 is 5.32 Å². The Morgan fingerprint density at radius 2 is 1.82 bits per heavy atom. The fourth-order valence-electron chi connectivity index (χ4n) is 0.774. The Morgan fingerprint density at radius 1 is 1.36 bits per heavy atom. The van der Waals surface area contributed by atoms with Gasteiger partial charge in [-0.15, -0.1) is 0 Å². The molecule has 64 valence electrons. The molecule has 1 aliphatic carbocycles. The summed E-state index contributed by atoms with van der Waals surface area (Å²) < 4.78 is 0. The normalized spacial score (nSPS) is 21.1. The maximum absolute atomic E-state index is 11.4. The smallest absolute Gasteiger partial charge is 0.225 e. The summed E-state index contributed by atoms with van der Waals surface area (Å²) in [5.41, 5.74) is -0.115. The summed E-state index contributed by atoms with van der Waals surface area (Å²) in [6.45, 7) is 7.91. The molecule has 11 heavy (non-hydrogen) atoms. The number of rotatable bonds is 1. The number of amides is 1. The first kappa shape index (κ1) is 8.57. The average Bonchev–Trinajstić information content (AvgIpc) is 2.45. The van der Waals surface area contributed by atoms with Crippen molar-refractivity contribution in [3.05, 3.63) is 0 Å². The van der Waals surface area contributed by atoms with E-state index in [0.717, 1.165) is 12.8 Å². The molecule has 0 aromatic rings. The van der Waals surface area contributed by atoms with E-state index in [1.807, 2.05) is 20.8 Å². The molecule has 0 saturated heterocycles. The van der Waals surface area contributed by atoms with Gasteiger partial charge in [-0.05, 0) is 19.8 Å². The average molecular weight is 155 g/mol. The van der Waals surface area contributed by atoms with Crippen molar-refractivity contribution in [2.75, 3.05) is 0 Å². The molecule has 0 aliphatic heterocycles. The molecule has 0 radical (unpaired) electrons. The monoisotopic (exact) mass is 155 g/mol. The first-order valence-corrected chi connectivity index (χ1v) is 4.16. The van der Waals surface area contributed by atoms with E-state index >= 15 is 0 Å². The Labute approximate surface area is 68.4 Å². The maximum atomic E-state index is 11.4. The van der Waals surface area contributed by atoms with Crippen LogP contribution in [0.15, 0.2) is 0 Å². The second-order valence-corrected chi connectivity index (χ2v) is 4.76. The summed E-state index contributed by atoms with van der Waals surface area (Å²) in [5, 5.41) is 3.03. The van der Waals surface area contributed by atoms with Crippen LogP contribution in [0.4, 0.5) is 0 Å². The summed E-state index contributed by atoms with van der Waals surface area (Å²) in [6.07, 6.45) is 2.27. The Bertz CT molecular complexity index is 174. The van der Waals surface area contributed by atoms with Crippen molar-refractivity contribution in [1.82, 2.24) is 5.32 Å². The minimum atomic E-state index is -0.244. The van der Waals surface area contributed by atoms with Crippen molar-refractivity contribution in [2.45, 2.75) is 46.1 Å². The van der Waals surface area contributed by atoms with E-state index in [-0.39, 0.29) is 16.9 Å². The van der Waals surface area contributed by atoms with Gasteiger partial charge in [0, 0.05) is 11.0 Å². The van der Waals surface area contributed by atoms with Gasteiger partial charge in [0.1, 0.15) is 0 Å². The second kappa shape index (κ2) is 2.23. The molecule has 0 bridgehead atoms. The Kier molecular flexibility index (Phi) is 1.73. The number of hydrogen-bond acceptors (Lipinski definition) is 1. The highest BCUT2D eigenvalue weighted by molar-refractivity contribution is 5.82. The van der Waals surface area contributed by atoms with Crippen LogP contribution in [0.1, 0.15) is 40.5 Å². The van der Waals surface area contributed by atoms with Crippen LogP contribution in [0.3, 0.4) is 0 Å². The van der Waals surface area contributed by atoms with Crippen LogP contribution in [-0.2, 0) is 4.79 Å². The molecule has 0 aromatic heterocycles. The van der Waals surface area contributed by atoms with Gasteiger partial charge >= 0.3 is 0 Å². The van der Waals surface area contributed by atoms with Gasteiger partial charge in [0.15, 0.2) is 0 Å². The van der Waals surface area contributed by atoms with Crippen molar-refractivity contribution < 1.29 is 4.79 Å². The zero-order chi connectivity index (χ0) is 8.70. The van der Waals surface area contributed by atoms with Gasteiger partial charge in [-0.3, -0.25) is 4.79 Å². The highest BCUT2D eigenvalue weighted by Crippen LogP contribution is 2.35. The molecule has 0 atom stereocenters. The number of carbonyl (C=O) groups excluding carboxylic acids is 1. The van der Waals surface area contributed by atoms with E-state index in [1.54, 1.807) is 0 Å². The van der Waals surface area contributed by atoms with Crippen molar-refractivity contribution in [2.24, 2.45) is 5.41 Å². The molecule has 2 heteroatoms. The molecule has 0 unspecified atom stereocenters. The van der Waals surface area contributed by atoms with E-state index < -0.39 is 0 Å². The molecule has 2 nitrogen and oxygen atoms in total. The van der Waals surface area contributed by atoms with E-state index in [9.17, 15) is 4.79 Å². The van der Waals surface area contributed by atoms with Gasteiger partial charge in [-0.25, -0.2) is 0 Å². The van der Waals surface area contributed by atoms with Gasteiger partial charge in [0.25, 0.3) is 0 Å². The zero-order valence-corrected chi connectivity index (χ0v) is 7.82. The highest BCUT2D eigenvalue weighted by Gasteiger charge is 2.40. The van der Waals surface area contributed by atoms with Crippen molar-refractivity contribution in [1.29, 1.82) is 0 Å². The third-order valence-corrected chi connectivity index (χ3v) is 2.10. The first-order valence-electron chi connectivity index (χ1n) is 4.16. The van der Waals surface area contributed by atoms with Gasteiger partial charge < -0.3 is 5.32 Å². The fourth-order valence-corrected chi connectivity index (χ4v) is 0.774. The Balaban J connectivity index is 2.44. The molecular formula is C9H17NO. The van der Waals surface area contributed by atoms with Crippen LogP contribution >= 0.6 is 0 Å². The lowest BCUT2D eigenvalue weighted by Gasteiger charge is -2.21. The molecule has 0 aromatic carbocycles. The van der Waals surface area contributed by atoms with E-state index in [0.29, 0.717) is 0 Å². The van der Waals surface area contributed by atoms with Crippen LogP contribution in [-0.4, -0.2) is 11.4 Å². The van der Waals surface area contributed by atoms with Gasteiger partial charge in [-0.1, -0.05) is 20.8 Å². The summed E-state index contributed by atoms with van der Waals surface area (Å²) in [7, 11) is 0. The summed E-state index contributed by atoms with van der Waals surface area (Å²) in [5.74, 6) is 0.164. The van der Waals surface area contributed by atoms with Gasteiger partial charge in [0.2, 0.25) is 5.91 Å². The molecule has 1 aliphatic rings. The van der Waals surface area contributed by atoms with Gasteiger partial charge in [0.05, 0.1) is 0 Å². The van der Waals surface area contributed by atoms with Gasteiger partial charge in [-0.2, -0.15) is 0 Å². The molecule has 0 heterocycles. The quantitative estimate of drug-likeness (QED) is 0.613. The predicted molar refractivity (Wildman–Crippen MR) is 45.2 cm³/mol. The summed E-state index contributed by atoms with van der Waals surface area (Å²) in [4.78, 5) is 11.4. The summed E-state index contributed by atoms with van der Waals surface area (Å²) >= 11 is 0. The first-order chi connectivity index (χ1) is 4.83. The lowest BCUT2D eigenvalue weighted by atomic mass is 9.95. The molecule has 1 N–H and O–H groups in total. The zero-order valence-electron chi connectivity index (χ0n) is 7.82. The topological polar surface area (TPSA) is 29.1 Å². The van der Waals surface area contributed by atoms with E-state index in [2.05, 4.69) is 12.2 Å². The fraction of sp³-hybridized carbons (Fsp3) is 0.889. The van der Waals surface area contributed by atoms with Crippen LogP contribution in [0.5, 0.6) is 0 Å². The highest BCUT2D eigenvalue weighted by atomic mass is 16.2. The minimum absolute atomic E-state index is 0.129. The maximum Gasteiger partial charge on any atom is 0.225 e. The van der Waals surface area contributed by atoms with E-state index in [1.165, 1.54) is 0 Å². The number of hydrogen-bond donors (Lipinski definition) is 1. The van der Waals surface area contributed by atoms with Crippen LogP contribution in [0.2, 0.25) is 0 Å². The summed E-state index contributed by atoms with van der Waals surface area (Å²) in [6, 6.07) is 0. The number of nitrogens with one attached hydrogen (secondary N) is 1. The standard InChI is InChI=1S/C9H17NO/c1-8(2,3)7(11)10-9(4)5-6-9/h5-6H2,1-4H3,(H,10,11). The molecule has 0 spiro atoms. The lowest BCUT2D eigenvalue weighted by Crippen LogP contribution is -2.41. The van der Waals surface area contributed by atoms with Crippen LogP contribution in [0, 0.1) is 5.41 Å². The third-order valence-electron chi connectivity index (χ3n) is 2.10. The SMILES string of the molecule is CC1(NC(=O)C(C)(C)C)CC1. The van der Waals surface area contributed by atoms with Crippen molar-refractivity contribution in [3.63, 3.8) is 0 Å². The Morgan fingerprint density at radius 3 is 2.09 bits per heavy atom. The Hall–Kier alpha value is -0.530. The molecular weight excluding hydrogens is 138 g/mol. The van der Waals surface area contributed by atoms with Crippen molar-refractivity contribution >= 4 is 5.91 Å². The number of carbonyl (C=O) groups is 1. The van der Waals surface area contributed by atoms with Crippen molar-refractivity contribution in [3.8, 4) is 0 Å². The predicted octanol–water partition coefficient (Wildman–Crippen LogP) is 1.70. The largest absolute Gasteiger partial charge is 0.350 e. The minimum Gasteiger partial charge on any atom is -0.350 e. The molecule has 1 amide bonds. The van der Waals surface area contributed by atoms with Crippen LogP contribution in [0.25, 0.3) is 0 Å². The second-order valence-electron chi connectivity index (χ2n) is 4.76. The lowest BCUT2D eigenvalue weighted by molar-refractivity contribution is -0.129. The molecule has 1 saturated carbocycles. The van der Waals surface area contributed by atoms with E-state index in [4.69, 9.17) is 0 Å². The molecule has 1 fully saturated rings. The third kappa shape index (κ3) is 2.21. The molecule has 1 rings (SSSR count).